The van der Waals surface area contributed by atoms with Gasteiger partial charge in [-0.1, -0.05) is 13.3 Å². The van der Waals surface area contributed by atoms with Crippen LogP contribution in [0, 0.1) is 13.8 Å². The first-order valence-corrected chi connectivity index (χ1v) is 8.71. The fourth-order valence-corrected chi connectivity index (χ4v) is 2.87. The Morgan fingerprint density at radius 1 is 1.15 bits per heavy atom. The summed E-state index contributed by atoms with van der Waals surface area (Å²) in [6.07, 6.45) is 2.74. The molecule has 2 heterocycles. The van der Waals surface area contributed by atoms with Crippen LogP contribution in [0.15, 0.2) is 23.0 Å². The summed E-state index contributed by atoms with van der Waals surface area (Å²) in [5, 5.41) is 3.93. The van der Waals surface area contributed by atoms with E-state index in [1.807, 2.05) is 32.0 Å². The number of anilines is 2. The molecule has 3 aromatic rings. The summed E-state index contributed by atoms with van der Waals surface area (Å²) in [7, 11) is 1.63. The number of rotatable bonds is 6. The Morgan fingerprint density at radius 2 is 1.96 bits per heavy atom. The Balaban J connectivity index is 1.92. The summed E-state index contributed by atoms with van der Waals surface area (Å²) in [5.74, 6) is 1.50. The number of methoxy groups -OCH3 is 1. The average Bonchev–Trinajstić information content (AvgIpc) is 2.61. The Labute approximate surface area is 151 Å². The fraction of sp³-hybridized carbons (Fsp3) is 0.368. The lowest BCUT2D eigenvalue weighted by molar-refractivity contribution is 0.415. The molecule has 7 nitrogen and oxygen atoms in total. The van der Waals surface area contributed by atoms with Crippen LogP contribution >= 0.6 is 0 Å². The van der Waals surface area contributed by atoms with E-state index in [-0.39, 0.29) is 5.56 Å². The number of aryl methyl sites for hydroxylation is 2. The van der Waals surface area contributed by atoms with Crippen LogP contribution in [0.3, 0.4) is 0 Å². The van der Waals surface area contributed by atoms with Crippen LogP contribution in [0.2, 0.25) is 0 Å². The van der Waals surface area contributed by atoms with Crippen LogP contribution in [0.4, 0.5) is 11.9 Å². The number of H-pyrrole nitrogens is 1. The molecule has 0 aliphatic carbocycles. The van der Waals surface area contributed by atoms with Gasteiger partial charge >= 0.3 is 0 Å². The number of fused-ring (bicyclic) bond motifs is 1. The summed E-state index contributed by atoms with van der Waals surface area (Å²) in [4.78, 5) is 28.5. The highest BCUT2D eigenvalue weighted by molar-refractivity contribution is 5.83. The van der Waals surface area contributed by atoms with Crippen molar-refractivity contribution in [3.05, 3.63) is 45.5 Å². The third kappa shape index (κ3) is 3.66. The Morgan fingerprint density at radius 3 is 2.65 bits per heavy atom. The van der Waals surface area contributed by atoms with E-state index in [0.29, 0.717) is 11.9 Å². The molecule has 2 N–H and O–H groups in total. The topological polar surface area (TPSA) is 92.8 Å². The predicted octanol–water partition coefficient (Wildman–Crippen LogP) is 3.42. The Bertz CT molecular complexity index is 997. The van der Waals surface area contributed by atoms with Gasteiger partial charge in [-0.3, -0.25) is 15.1 Å². The van der Waals surface area contributed by atoms with Crippen molar-refractivity contribution in [2.45, 2.75) is 40.0 Å². The van der Waals surface area contributed by atoms with E-state index in [0.717, 1.165) is 52.9 Å². The third-order valence-corrected chi connectivity index (χ3v) is 4.33. The molecule has 0 saturated carbocycles. The summed E-state index contributed by atoms with van der Waals surface area (Å²) in [6, 6.07) is 5.63. The van der Waals surface area contributed by atoms with Crippen molar-refractivity contribution in [2.75, 3.05) is 12.4 Å². The zero-order valence-corrected chi connectivity index (χ0v) is 15.5. The van der Waals surface area contributed by atoms with Crippen LogP contribution in [-0.4, -0.2) is 27.0 Å². The lowest BCUT2D eigenvalue weighted by atomic mass is 10.1. The van der Waals surface area contributed by atoms with Gasteiger partial charge in [-0.15, -0.1) is 0 Å². The molecule has 2 aromatic heterocycles. The maximum absolute atomic E-state index is 12.3. The monoisotopic (exact) mass is 353 g/mol. The molecule has 0 radical (unpaired) electrons. The van der Waals surface area contributed by atoms with Crippen LogP contribution in [-0.2, 0) is 6.42 Å². The van der Waals surface area contributed by atoms with Gasteiger partial charge in [-0.2, -0.15) is 0 Å². The smallest absolute Gasteiger partial charge is 0.255 e. The molecule has 0 spiro atoms. The largest absolute Gasteiger partial charge is 0.497 e. The minimum atomic E-state index is -0.115. The molecule has 136 valence electrons. The molecule has 3 rings (SSSR count). The SMILES string of the molecule is CCCCc1c(C)nc(Nc2nc(C)c3cc(OC)ccc3n2)[nH]c1=O. The van der Waals surface area contributed by atoms with Crippen LogP contribution in [0.5, 0.6) is 5.75 Å². The molecule has 0 atom stereocenters. The second kappa shape index (κ2) is 7.51. The predicted molar refractivity (Wildman–Crippen MR) is 102 cm³/mol. The Kier molecular flexibility index (Phi) is 5.16. The van der Waals surface area contributed by atoms with Gasteiger partial charge in [0.15, 0.2) is 0 Å². The first kappa shape index (κ1) is 17.8. The lowest BCUT2D eigenvalue weighted by Gasteiger charge is -2.10. The zero-order chi connectivity index (χ0) is 18.7. The van der Waals surface area contributed by atoms with Crippen molar-refractivity contribution >= 4 is 22.8 Å². The highest BCUT2D eigenvalue weighted by Crippen LogP contribution is 2.23. The second-order valence-corrected chi connectivity index (χ2v) is 6.22. The average molecular weight is 353 g/mol. The molecule has 0 saturated heterocycles. The van der Waals surface area contributed by atoms with Crippen molar-refractivity contribution in [3.63, 3.8) is 0 Å². The number of nitrogens with one attached hydrogen (secondary N) is 2. The van der Waals surface area contributed by atoms with E-state index in [1.54, 1.807) is 7.11 Å². The number of ether oxygens (including phenoxy) is 1. The summed E-state index contributed by atoms with van der Waals surface area (Å²) >= 11 is 0. The maximum Gasteiger partial charge on any atom is 0.255 e. The third-order valence-electron chi connectivity index (χ3n) is 4.33. The van der Waals surface area contributed by atoms with Crippen molar-refractivity contribution in [1.82, 2.24) is 19.9 Å². The van der Waals surface area contributed by atoms with E-state index in [2.05, 4.69) is 32.2 Å². The molecule has 0 unspecified atom stereocenters. The van der Waals surface area contributed by atoms with Gasteiger partial charge in [-0.05, 0) is 44.9 Å². The van der Waals surface area contributed by atoms with Gasteiger partial charge in [0.05, 0.1) is 18.3 Å². The molecule has 0 aliphatic heterocycles. The zero-order valence-electron chi connectivity index (χ0n) is 15.5. The second-order valence-electron chi connectivity index (χ2n) is 6.22. The standard InChI is InChI=1S/C19H23N5O2/c1-5-6-7-14-11(2)20-19(23-17(14)25)24-18-21-12(3)15-10-13(26-4)8-9-16(15)22-18/h8-10H,5-7H2,1-4H3,(H2,20,21,22,23,24,25). The number of aromatic nitrogens is 4. The van der Waals surface area contributed by atoms with Gasteiger partial charge in [0.2, 0.25) is 11.9 Å². The van der Waals surface area contributed by atoms with E-state index < -0.39 is 0 Å². The van der Waals surface area contributed by atoms with E-state index in [9.17, 15) is 4.79 Å². The normalized spacial score (nSPS) is 10.9. The number of nitrogens with zero attached hydrogens (tertiary/aromatic N) is 3. The van der Waals surface area contributed by atoms with E-state index in [1.165, 1.54) is 0 Å². The van der Waals surface area contributed by atoms with Gasteiger partial charge in [0.25, 0.3) is 5.56 Å². The van der Waals surface area contributed by atoms with Crippen molar-refractivity contribution < 1.29 is 4.74 Å². The number of benzene rings is 1. The van der Waals surface area contributed by atoms with Crippen molar-refractivity contribution in [2.24, 2.45) is 0 Å². The molecule has 0 fully saturated rings. The number of hydrogen-bond donors (Lipinski definition) is 2. The lowest BCUT2D eigenvalue weighted by Crippen LogP contribution is -2.18. The van der Waals surface area contributed by atoms with Crippen molar-refractivity contribution in [3.8, 4) is 5.75 Å². The van der Waals surface area contributed by atoms with Gasteiger partial charge in [0, 0.05) is 16.6 Å². The summed E-state index contributed by atoms with van der Waals surface area (Å²) < 4.78 is 5.25. The molecular weight excluding hydrogens is 330 g/mol. The number of hydrogen-bond acceptors (Lipinski definition) is 6. The van der Waals surface area contributed by atoms with Gasteiger partial charge in [0.1, 0.15) is 5.75 Å². The molecule has 0 bridgehead atoms. The quantitative estimate of drug-likeness (QED) is 0.705. The molecule has 0 aliphatic rings. The first-order chi connectivity index (χ1) is 12.5. The van der Waals surface area contributed by atoms with Gasteiger partial charge in [-0.25, -0.2) is 15.0 Å². The van der Waals surface area contributed by atoms with Gasteiger partial charge < -0.3 is 4.74 Å². The van der Waals surface area contributed by atoms with Crippen LogP contribution in [0.25, 0.3) is 10.9 Å². The molecular formula is C19H23N5O2. The molecule has 7 heteroatoms. The fourth-order valence-electron chi connectivity index (χ4n) is 2.87. The van der Waals surface area contributed by atoms with E-state index >= 15 is 0 Å². The number of aromatic amines is 1. The molecule has 0 amide bonds. The highest BCUT2D eigenvalue weighted by atomic mass is 16.5. The first-order valence-electron chi connectivity index (χ1n) is 8.71. The maximum atomic E-state index is 12.3. The van der Waals surface area contributed by atoms with E-state index in [4.69, 9.17) is 4.74 Å². The minimum absolute atomic E-state index is 0.115. The Hall–Kier alpha value is -2.96. The molecule has 1 aromatic carbocycles. The summed E-state index contributed by atoms with van der Waals surface area (Å²) in [5.41, 5.74) is 2.96. The highest BCUT2D eigenvalue weighted by Gasteiger charge is 2.10. The molecule has 26 heavy (non-hydrogen) atoms. The number of unbranched alkanes of at least 4 members (excludes halogenated alkanes) is 1. The van der Waals surface area contributed by atoms with Crippen molar-refractivity contribution in [1.29, 1.82) is 0 Å². The van der Waals surface area contributed by atoms with Crippen LogP contribution in [0.1, 0.15) is 36.7 Å². The summed E-state index contributed by atoms with van der Waals surface area (Å²) in [6.45, 7) is 5.86. The minimum Gasteiger partial charge on any atom is -0.497 e. The van der Waals surface area contributed by atoms with Crippen LogP contribution < -0.4 is 15.6 Å².